The van der Waals surface area contributed by atoms with Crippen molar-refractivity contribution in [2.24, 2.45) is 0 Å². The maximum atomic E-state index is 9.44. The third kappa shape index (κ3) is 2.15. The lowest BCUT2D eigenvalue weighted by atomic mass is 9.91. The van der Waals surface area contributed by atoms with Gasteiger partial charge < -0.3 is 5.11 Å². The molecule has 0 fully saturated rings. The second-order valence-electron chi connectivity index (χ2n) is 4.05. The molecule has 0 unspecified atom stereocenters. The Labute approximate surface area is 96.9 Å². The average molecular weight is 302 g/mol. The van der Waals surface area contributed by atoms with Crippen LogP contribution in [0.25, 0.3) is 0 Å². The van der Waals surface area contributed by atoms with Crippen LogP contribution in [0.2, 0.25) is 0 Å². The number of hydrogen-bond donors (Lipinski definition) is 1. The first kappa shape index (κ1) is 11.2. The number of nitriles is 1. The summed E-state index contributed by atoms with van der Waals surface area (Å²) in [5.74, 6) is -0.183. The van der Waals surface area contributed by atoms with Gasteiger partial charge in [0.1, 0.15) is 11.6 Å². The Morgan fingerprint density at radius 3 is 2.50 bits per heavy atom. The molecular formula is C10H11IN2O. The van der Waals surface area contributed by atoms with E-state index >= 15 is 0 Å². The Bertz CT molecular complexity index is 402. The summed E-state index contributed by atoms with van der Waals surface area (Å²) >= 11 is 2.13. The minimum absolute atomic E-state index is 0.123. The Morgan fingerprint density at radius 1 is 1.50 bits per heavy atom. The fraction of sp³-hybridized carbons (Fsp3) is 0.400. The number of pyridine rings is 1. The highest BCUT2D eigenvalue weighted by Crippen LogP contribution is 2.28. The van der Waals surface area contributed by atoms with Gasteiger partial charge in [0, 0.05) is 8.99 Å². The van der Waals surface area contributed by atoms with Crippen molar-refractivity contribution in [3.63, 3.8) is 0 Å². The summed E-state index contributed by atoms with van der Waals surface area (Å²) in [6.45, 7) is 6.05. The molecule has 0 saturated heterocycles. The van der Waals surface area contributed by atoms with Gasteiger partial charge in [0.25, 0.3) is 0 Å². The van der Waals surface area contributed by atoms with Crippen LogP contribution in [-0.2, 0) is 5.41 Å². The van der Waals surface area contributed by atoms with Crippen LogP contribution >= 0.6 is 22.6 Å². The summed E-state index contributed by atoms with van der Waals surface area (Å²) in [6, 6.07) is 3.55. The smallest absolute Gasteiger partial charge is 0.229 e. The van der Waals surface area contributed by atoms with Gasteiger partial charge in [0.2, 0.25) is 5.88 Å². The van der Waals surface area contributed by atoms with E-state index in [1.54, 1.807) is 6.07 Å². The van der Waals surface area contributed by atoms with Crippen molar-refractivity contribution >= 4 is 22.6 Å². The van der Waals surface area contributed by atoms with Gasteiger partial charge in [0.15, 0.2) is 0 Å². The van der Waals surface area contributed by atoms with E-state index in [0.29, 0.717) is 0 Å². The summed E-state index contributed by atoms with van der Waals surface area (Å²) < 4.78 is 0.907. The van der Waals surface area contributed by atoms with Crippen molar-refractivity contribution in [3.05, 3.63) is 20.9 Å². The summed E-state index contributed by atoms with van der Waals surface area (Å²) in [4.78, 5) is 4.04. The van der Waals surface area contributed by atoms with E-state index in [9.17, 15) is 5.11 Å². The lowest BCUT2D eigenvalue weighted by molar-refractivity contribution is 0.439. The quantitative estimate of drug-likeness (QED) is 0.749. The molecule has 1 rings (SSSR count). The molecule has 1 N–H and O–H groups in total. The first-order valence-corrected chi connectivity index (χ1v) is 5.24. The normalized spacial score (nSPS) is 11.1. The summed E-state index contributed by atoms with van der Waals surface area (Å²) in [5.41, 5.74) is 0.916. The van der Waals surface area contributed by atoms with Crippen LogP contribution in [0.1, 0.15) is 32.0 Å². The highest BCUT2D eigenvalue weighted by Gasteiger charge is 2.21. The monoisotopic (exact) mass is 302 g/mol. The van der Waals surface area contributed by atoms with E-state index in [-0.39, 0.29) is 16.9 Å². The SMILES string of the molecule is CC(C)(C)c1nc(O)c(C#N)cc1I. The van der Waals surface area contributed by atoms with E-state index in [1.807, 2.05) is 26.8 Å². The number of aromatic hydroxyl groups is 1. The number of hydrogen-bond acceptors (Lipinski definition) is 3. The van der Waals surface area contributed by atoms with Crippen LogP contribution in [-0.4, -0.2) is 10.1 Å². The molecule has 0 radical (unpaired) electrons. The topological polar surface area (TPSA) is 56.9 Å². The van der Waals surface area contributed by atoms with Crippen LogP contribution in [0.15, 0.2) is 6.07 Å². The molecule has 0 aromatic carbocycles. The average Bonchev–Trinajstić information content (AvgIpc) is 2.06. The molecule has 0 bridgehead atoms. The molecule has 0 saturated carbocycles. The highest BCUT2D eigenvalue weighted by atomic mass is 127. The molecule has 0 atom stereocenters. The van der Waals surface area contributed by atoms with Crippen molar-refractivity contribution in [1.82, 2.24) is 4.98 Å². The van der Waals surface area contributed by atoms with E-state index in [2.05, 4.69) is 27.6 Å². The maximum Gasteiger partial charge on any atom is 0.229 e. The van der Waals surface area contributed by atoms with Gasteiger partial charge in [-0.1, -0.05) is 20.8 Å². The van der Waals surface area contributed by atoms with Crippen LogP contribution < -0.4 is 0 Å². The van der Waals surface area contributed by atoms with Gasteiger partial charge in [-0.3, -0.25) is 0 Å². The fourth-order valence-corrected chi connectivity index (χ4v) is 2.33. The second kappa shape index (κ2) is 3.73. The maximum absolute atomic E-state index is 9.44. The molecule has 0 aliphatic heterocycles. The molecule has 14 heavy (non-hydrogen) atoms. The summed E-state index contributed by atoms with van der Waals surface area (Å²) in [6.07, 6.45) is 0. The Kier molecular flexibility index (Phi) is 3.00. The van der Waals surface area contributed by atoms with Gasteiger partial charge in [0.05, 0.1) is 5.69 Å². The molecule has 1 aromatic rings. The van der Waals surface area contributed by atoms with Crippen molar-refractivity contribution < 1.29 is 5.11 Å². The van der Waals surface area contributed by atoms with E-state index < -0.39 is 0 Å². The molecule has 0 aliphatic carbocycles. The molecule has 0 amide bonds. The molecular weight excluding hydrogens is 291 g/mol. The minimum atomic E-state index is -0.183. The standard InChI is InChI=1S/C10H11IN2O/c1-10(2,3)8-7(11)4-6(5-12)9(14)13-8/h4H,1-3H3,(H,13,14). The van der Waals surface area contributed by atoms with Gasteiger partial charge >= 0.3 is 0 Å². The Morgan fingerprint density at radius 2 is 2.07 bits per heavy atom. The Balaban J connectivity index is 3.38. The van der Waals surface area contributed by atoms with E-state index in [1.165, 1.54) is 0 Å². The molecule has 4 heteroatoms. The van der Waals surface area contributed by atoms with Crippen LogP contribution in [0.3, 0.4) is 0 Å². The first-order chi connectivity index (χ1) is 6.36. The highest BCUT2D eigenvalue weighted by molar-refractivity contribution is 14.1. The predicted octanol–water partition coefficient (Wildman–Crippen LogP) is 2.56. The first-order valence-electron chi connectivity index (χ1n) is 4.16. The van der Waals surface area contributed by atoms with Crippen molar-refractivity contribution in [3.8, 4) is 11.9 Å². The van der Waals surface area contributed by atoms with Gasteiger partial charge in [-0.15, -0.1) is 0 Å². The molecule has 1 heterocycles. The van der Waals surface area contributed by atoms with Crippen molar-refractivity contribution in [2.75, 3.05) is 0 Å². The predicted molar refractivity (Wildman–Crippen MR) is 62.0 cm³/mol. The minimum Gasteiger partial charge on any atom is -0.492 e. The third-order valence-corrected chi connectivity index (χ3v) is 2.61. The van der Waals surface area contributed by atoms with Gasteiger partial charge in [-0.2, -0.15) is 5.26 Å². The zero-order chi connectivity index (χ0) is 10.9. The summed E-state index contributed by atoms with van der Waals surface area (Å²) in [5, 5.41) is 18.1. The van der Waals surface area contributed by atoms with E-state index in [0.717, 1.165) is 9.26 Å². The van der Waals surface area contributed by atoms with Crippen LogP contribution in [0.4, 0.5) is 0 Å². The van der Waals surface area contributed by atoms with Gasteiger partial charge in [-0.05, 0) is 28.7 Å². The molecule has 3 nitrogen and oxygen atoms in total. The van der Waals surface area contributed by atoms with Crippen LogP contribution in [0, 0.1) is 14.9 Å². The lowest BCUT2D eigenvalue weighted by Gasteiger charge is -2.19. The molecule has 1 aromatic heterocycles. The number of aromatic nitrogens is 1. The molecule has 74 valence electrons. The van der Waals surface area contributed by atoms with Crippen LogP contribution in [0.5, 0.6) is 5.88 Å². The third-order valence-electron chi connectivity index (χ3n) is 1.79. The largest absolute Gasteiger partial charge is 0.492 e. The number of halogens is 1. The number of nitrogens with zero attached hydrogens (tertiary/aromatic N) is 2. The molecule has 0 aliphatic rings. The Hall–Kier alpha value is -0.830. The van der Waals surface area contributed by atoms with Gasteiger partial charge in [-0.25, -0.2) is 4.98 Å². The zero-order valence-electron chi connectivity index (χ0n) is 8.30. The fourth-order valence-electron chi connectivity index (χ4n) is 1.09. The number of rotatable bonds is 0. The molecule has 0 spiro atoms. The lowest BCUT2D eigenvalue weighted by Crippen LogP contribution is -2.15. The second-order valence-corrected chi connectivity index (χ2v) is 5.21. The van der Waals surface area contributed by atoms with Crippen molar-refractivity contribution in [1.29, 1.82) is 5.26 Å². The van der Waals surface area contributed by atoms with E-state index in [4.69, 9.17) is 5.26 Å². The van der Waals surface area contributed by atoms with Crippen molar-refractivity contribution in [2.45, 2.75) is 26.2 Å². The summed E-state index contributed by atoms with van der Waals surface area (Å²) in [7, 11) is 0. The zero-order valence-corrected chi connectivity index (χ0v) is 10.5.